The number of hydrogen-bond donors (Lipinski definition) is 0. The van der Waals surface area contributed by atoms with E-state index >= 15 is 0 Å². The van der Waals surface area contributed by atoms with Gasteiger partial charge in [0, 0.05) is 17.9 Å². The Labute approximate surface area is 98.2 Å². The molecule has 2 rings (SSSR count). The lowest BCUT2D eigenvalue weighted by Gasteiger charge is -1.98. The summed E-state index contributed by atoms with van der Waals surface area (Å²) in [6.07, 6.45) is 0.588. The van der Waals surface area contributed by atoms with Gasteiger partial charge < -0.3 is 9.26 Å². The van der Waals surface area contributed by atoms with Crippen molar-refractivity contribution >= 4 is 11.6 Å². The molecular weight excluding hydrogens is 228 g/mol. The molecule has 0 aliphatic rings. The number of ether oxygens (including phenoxy) is 1. The van der Waals surface area contributed by atoms with E-state index in [9.17, 15) is 0 Å². The van der Waals surface area contributed by atoms with Crippen molar-refractivity contribution in [3.8, 4) is 17.1 Å². The average molecular weight is 239 g/mol. The molecule has 84 valence electrons. The molecule has 0 aliphatic heterocycles. The van der Waals surface area contributed by atoms with Crippen LogP contribution >= 0.6 is 11.6 Å². The number of aromatic nitrogens is 2. The van der Waals surface area contributed by atoms with Gasteiger partial charge in [-0.05, 0) is 24.3 Å². The first-order valence-electron chi connectivity index (χ1n) is 4.86. The molecule has 16 heavy (non-hydrogen) atoms. The summed E-state index contributed by atoms with van der Waals surface area (Å²) < 4.78 is 10.1. The third-order valence-corrected chi connectivity index (χ3v) is 2.31. The molecule has 0 unspecified atom stereocenters. The van der Waals surface area contributed by atoms with Crippen molar-refractivity contribution in [3.63, 3.8) is 0 Å². The topological polar surface area (TPSA) is 48.2 Å². The predicted octanol–water partition coefficient (Wildman–Crippen LogP) is 2.53. The van der Waals surface area contributed by atoms with Crippen LogP contribution in [0.2, 0.25) is 0 Å². The highest BCUT2D eigenvalue weighted by Gasteiger charge is 2.07. The molecule has 0 atom stereocenters. The van der Waals surface area contributed by atoms with Gasteiger partial charge >= 0.3 is 0 Å². The summed E-state index contributed by atoms with van der Waals surface area (Å²) >= 11 is 5.59. The van der Waals surface area contributed by atoms with Gasteiger partial charge in [0.05, 0.1) is 7.11 Å². The first kappa shape index (κ1) is 11.0. The summed E-state index contributed by atoms with van der Waals surface area (Å²) in [5.41, 5.74) is 0.894. The largest absolute Gasteiger partial charge is 0.497 e. The first-order valence-corrected chi connectivity index (χ1v) is 5.40. The van der Waals surface area contributed by atoms with Gasteiger partial charge in [0.1, 0.15) is 5.75 Å². The number of nitrogens with zero attached hydrogens (tertiary/aromatic N) is 2. The van der Waals surface area contributed by atoms with Crippen LogP contribution in [0.15, 0.2) is 28.8 Å². The number of aryl methyl sites for hydroxylation is 1. The Morgan fingerprint density at radius 3 is 2.69 bits per heavy atom. The third-order valence-electron chi connectivity index (χ3n) is 2.12. The summed E-state index contributed by atoms with van der Waals surface area (Å²) in [7, 11) is 1.63. The van der Waals surface area contributed by atoms with E-state index in [0.717, 1.165) is 11.3 Å². The molecule has 0 amide bonds. The van der Waals surface area contributed by atoms with Crippen molar-refractivity contribution in [1.29, 1.82) is 0 Å². The lowest BCUT2D eigenvalue weighted by atomic mass is 10.2. The fourth-order valence-electron chi connectivity index (χ4n) is 1.29. The van der Waals surface area contributed by atoms with E-state index in [1.807, 2.05) is 24.3 Å². The van der Waals surface area contributed by atoms with E-state index in [4.69, 9.17) is 20.9 Å². The maximum absolute atomic E-state index is 5.59. The Balaban J connectivity index is 2.21. The van der Waals surface area contributed by atoms with Crippen molar-refractivity contribution < 1.29 is 9.26 Å². The van der Waals surface area contributed by atoms with Crippen molar-refractivity contribution in [2.45, 2.75) is 6.42 Å². The zero-order valence-electron chi connectivity index (χ0n) is 8.81. The fourth-order valence-corrected chi connectivity index (χ4v) is 1.46. The van der Waals surface area contributed by atoms with Gasteiger partial charge in [-0.25, -0.2) is 0 Å². The SMILES string of the molecule is COc1ccc(-c2noc(CCCl)n2)cc1. The van der Waals surface area contributed by atoms with Crippen LogP contribution in [0.1, 0.15) is 5.89 Å². The smallest absolute Gasteiger partial charge is 0.228 e. The summed E-state index contributed by atoms with van der Waals surface area (Å²) in [5, 5.41) is 3.87. The van der Waals surface area contributed by atoms with E-state index in [0.29, 0.717) is 24.0 Å². The summed E-state index contributed by atoms with van der Waals surface area (Å²) in [5.74, 6) is 2.40. The normalized spacial score (nSPS) is 10.4. The van der Waals surface area contributed by atoms with Gasteiger partial charge in [0.25, 0.3) is 0 Å². The quantitative estimate of drug-likeness (QED) is 0.768. The molecule has 4 nitrogen and oxygen atoms in total. The van der Waals surface area contributed by atoms with Crippen molar-refractivity contribution in [1.82, 2.24) is 10.1 Å². The van der Waals surface area contributed by atoms with Crippen LogP contribution in [-0.4, -0.2) is 23.1 Å². The molecule has 1 heterocycles. The lowest BCUT2D eigenvalue weighted by molar-refractivity contribution is 0.383. The second-order valence-corrected chi connectivity index (χ2v) is 3.56. The summed E-state index contributed by atoms with van der Waals surface area (Å²) in [4.78, 5) is 4.22. The Morgan fingerprint density at radius 1 is 1.31 bits per heavy atom. The molecule has 0 fully saturated rings. The van der Waals surface area contributed by atoms with Crippen LogP contribution in [0.3, 0.4) is 0 Å². The van der Waals surface area contributed by atoms with E-state index in [1.165, 1.54) is 0 Å². The third kappa shape index (κ3) is 2.33. The highest BCUT2D eigenvalue weighted by Crippen LogP contribution is 2.19. The van der Waals surface area contributed by atoms with Crippen LogP contribution in [-0.2, 0) is 6.42 Å². The fraction of sp³-hybridized carbons (Fsp3) is 0.273. The molecule has 0 aliphatic carbocycles. The van der Waals surface area contributed by atoms with Crippen LogP contribution in [0.25, 0.3) is 11.4 Å². The molecule has 0 N–H and O–H groups in total. The van der Waals surface area contributed by atoms with Gasteiger partial charge in [0.2, 0.25) is 11.7 Å². The minimum Gasteiger partial charge on any atom is -0.497 e. The van der Waals surface area contributed by atoms with Gasteiger partial charge in [0.15, 0.2) is 0 Å². The van der Waals surface area contributed by atoms with Crippen LogP contribution in [0.5, 0.6) is 5.75 Å². The number of alkyl halides is 1. The van der Waals surface area contributed by atoms with Gasteiger partial charge in [-0.3, -0.25) is 0 Å². The summed E-state index contributed by atoms with van der Waals surface area (Å²) in [6.45, 7) is 0. The molecule has 5 heteroatoms. The molecule has 1 aromatic carbocycles. The van der Waals surface area contributed by atoms with Crippen molar-refractivity contribution in [3.05, 3.63) is 30.2 Å². The standard InChI is InChI=1S/C11H11ClN2O2/c1-15-9-4-2-8(3-5-9)11-13-10(6-7-12)16-14-11/h2-5H,6-7H2,1H3. The Kier molecular flexibility index (Phi) is 3.41. The monoisotopic (exact) mass is 238 g/mol. The summed E-state index contributed by atoms with van der Waals surface area (Å²) in [6, 6.07) is 7.47. The van der Waals surface area contributed by atoms with Crippen molar-refractivity contribution in [2.75, 3.05) is 13.0 Å². The Morgan fingerprint density at radius 2 is 2.06 bits per heavy atom. The maximum atomic E-state index is 5.59. The average Bonchev–Trinajstić information content (AvgIpc) is 2.78. The Bertz CT molecular complexity index is 453. The van der Waals surface area contributed by atoms with Crippen molar-refractivity contribution in [2.24, 2.45) is 0 Å². The number of benzene rings is 1. The van der Waals surface area contributed by atoms with Crippen LogP contribution in [0.4, 0.5) is 0 Å². The first-order chi connectivity index (χ1) is 7.83. The minimum absolute atomic E-state index is 0.476. The number of halogens is 1. The zero-order valence-corrected chi connectivity index (χ0v) is 9.57. The van der Waals surface area contributed by atoms with Gasteiger partial charge in [-0.15, -0.1) is 11.6 Å². The Hall–Kier alpha value is -1.55. The number of hydrogen-bond acceptors (Lipinski definition) is 4. The number of rotatable bonds is 4. The maximum Gasteiger partial charge on any atom is 0.228 e. The van der Waals surface area contributed by atoms with E-state index in [-0.39, 0.29) is 0 Å². The predicted molar refractivity (Wildman–Crippen MR) is 60.7 cm³/mol. The molecular formula is C11H11ClN2O2. The molecule has 0 saturated heterocycles. The number of methoxy groups -OCH3 is 1. The molecule has 0 radical (unpaired) electrons. The van der Waals surface area contributed by atoms with Crippen LogP contribution < -0.4 is 4.74 Å². The highest BCUT2D eigenvalue weighted by atomic mass is 35.5. The second kappa shape index (κ2) is 4.99. The lowest BCUT2D eigenvalue weighted by Crippen LogP contribution is -1.86. The molecule has 0 spiro atoms. The van der Waals surface area contributed by atoms with Gasteiger partial charge in [-0.1, -0.05) is 5.16 Å². The molecule has 0 bridgehead atoms. The van der Waals surface area contributed by atoms with Gasteiger partial charge in [-0.2, -0.15) is 4.98 Å². The van der Waals surface area contributed by atoms with E-state index in [1.54, 1.807) is 7.11 Å². The van der Waals surface area contributed by atoms with E-state index in [2.05, 4.69) is 10.1 Å². The van der Waals surface area contributed by atoms with Crippen LogP contribution in [0, 0.1) is 0 Å². The molecule has 1 aromatic heterocycles. The minimum atomic E-state index is 0.476. The second-order valence-electron chi connectivity index (χ2n) is 3.18. The molecule has 2 aromatic rings. The molecule has 0 saturated carbocycles. The highest BCUT2D eigenvalue weighted by molar-refractivity contribution is 6.17. The zero-order chi connectivity index (χ0) is 11.4. The van der Waals surface area contributed by atoms with E-state index < -0.39 is 0 Å².